The second kappa shape index (κ2) is 5.22. The van der Waals surface area contributed by atoms with Gasteiger partial charge in [-0.1, -0.05) is 6.92 Å². The first kappa shape index (κ1) is 12.4. The number of aliphatic hydroxyl groups is 1. The van der Waals surface area contributed by atoms with Crippen molar-refractivity contribution in [1.29, 1.82) is 0 Å². The molecular formula is C10H32O3. The largest absolute Gasteiger partial charge is 0.460 e. The zero-order valence-electron chi connectivity index (χ0n) is 8.96. The Hall–Kier alpha value is -0.570. The van der Waals surface area contributed by atoms with Gasteiger partial charge in [0.1, 0.15) is 5.60 Å². The van der Waals surface area contributed by atoms with Crippen LogP contribution in [0.1, 0.15) is 55.5 Å². The Balaban J connectivity index is -0.0000000480. The van der Waals surface area contributed by atoms with Gasteiger partial charge in [0.15, 0.2) is 0 Å². The molecule has 0 aromatic heterocycles. The predicted octanol–water partition coefficient (Wildman–Crippen LogP) is 3.36. The second-order valence-corrected chi connectivity index (χ2v) is 4.19. The Labute approximate surface area is 89.0 Å². The zero-order valence-corrected chi connectivity index (χ0v) is 8.96. The van der Waals surface area contributed by atoms with E-state index in [0.717, 1.165) is 0 Å². The lowest BCUT2D eigenvalue weighted by atomic mass is 10.1. The van der Waals surface area contributed by atoms with Crippen LogP contribution < -0.4 is 0 Å². The molecule has 1 atom stereocenters. The number of rotatable bonds is 4. The van der Waals surface area contributed by atoms with Crippen molar-refractivity contribution in [2.75, 3.05) is 0 Å². The average Bonchev–Trinajstić information content (AvgIpc) is 1.97. The molecule has 1 N–H and O–H groups in total. The number of aliphatic hydroxyl groups excluding tert-OH is 1. The van der Waals surface area contributed by atoms with E-state index in [-0.39, 0.29) is 20.6 Å². The SMILES string of the molecule is CCC(O)CCC(=O)OC(C)(C)C.[HH].[HH].[HH].[HH].[HH].[HH]. The number of ether oxygens (including phenoxy) is 1. The highest BCUT2D eigenvalue weighted by atomic mass is 16.6. The highest BCUT2D eigenvalue weighted by Gasteiger charge is 2.16. The number of hydrogen-bond donors (Lipinski definition) is 1. The van der Waals surface area contributed by atoms with E-state index in [9.17, 15) is 9.90 Å². The minimum atomic E-state index is -0.422. The molecule has 0 radical (unpaired) electrons. The van der Waals surface area contributed by atoms with Crippen LogP contribution in [0.3, 0.4) is 0 Å². The topological polar surface area (TPSA) is 46.5 Å². The number of hydrogen-bond acceptors (Lipinski definition) is 3. The maximum absolute atomic E-state index is 11.1. The van der Waals surface area contributed by atoms with E-state index in [4.69, 9.17) is 4.74 Å². The summed E-state index contributed by atoms with van der Waals surface area (Å²) in [6.07, 6.45) is 1.09. The number of carbonyl (C=O) groups excluding carboxylic acids is 1. The lowest BCUT2D eigenvalue weighted by Crippen LogP contribution is -2.24. The first-order valence-corrected chi connectivity index (χ1v) is 4.75. The molecule has 1 unspecified atom stereocenters. The molecule has 0 bridgehead atoms. The van der Waals surface area contributed by atoms with Crippen LogP contribution in [0.2, 0.25) is 0 Å². The Kier molecular flexibility index (Phi) is 4.99. The van der Waals surface area contributed by atoms with Gasteiger partial charge in [0.05, 0.1) is 6.10 Å². The number of esters is 1. The Morgan fingerprint density at radius 1 is 1.54 bits per heavy atom. The van der Waals surface area contributed by atoms with E-state index >= 15 is 0 Å². The molecule has 0 aliphatic heterocycles. The fourth-order valence-electron chi connectivity index (χ4n) is 0.881. The normalized spacial score (nSPS) is 13.9. The minimum absolute atomic E-state index is 0. The molecule has 0 saturated carbocycles. The van der Waals surface area contributed by atoms with Gasteiger partial charge in [-0.25, -0.2) is 0 Å². The molecule has 0 heterocycles. The molecule has 3 heteroatoms. The van der Waals surface area contributed by atoms with Gasteiger partial charge in [-0.3, -0.25) is 4.79 Å². The number of carbonyl (C=O) groups is 1. The average molecular weight is 200 g/mol. The fourth-order valence-corrected chi connectivity index (χ4v) is 0.881. The molecule has 0 saturated heterocycles. The van der Waals surface area contributed by atoms with Gasteiger partial charge in [-0.15, -0.1) is 0 Å². The van der Waals surface area contributed by atoms with E-state index in [2.05, 4.69) is 0 Å². The highest BCUT2D eigenvalue weighted by Crippen LogP contribution is 2.10. The van der Waals surface area contributed by atoms with Crippen LogP contribution in [-0.2, 0) is 9.53 Å². The summed E-state index contributed by atoms with van der Waals surface area (Å²) in [4.78, 5) is 11.1. The fraction of sp³-hybridized carbons (Fsp3) is 0.900. The van der Waals surface area contributed by atoms with Crippen LogP contribution in [0.15, 0.2) is 0 Å². The molecule has 0 spiro atoms. The van der Waals surface area contributed by atoms with Crippen molar-refractivity contribution in [3.05, 3.63) is 0 Å². The molecule has 3 nitrogen and oxygen atoms in total. The summed E-state index contributed by atoms with van der Waals surface area (Å²) in [6, 6.07) is 0. The van der Waals surface area contributed by atoms with Gasteiger partial charge in [-0.05, 0) is 33.6 Å². The van der Waals surface area contributed by atoms with E-state index in [1.807, 2.05) is 27.7 Å². The Bertz CT molecular complexity index is 175. The summed E-state index contributed by atoms with van der Waals surface area (Å²) < 4.78 is 5.08. The lowest BCUT2D eigenvalue weighted by molar-refractivity contribution is -0.155. The Morgan fingerprint density at radius 3 is 2.46 bits per heavy atom. The molecule has 0 aliphatic rings. The first-order valence-electron chi connectivity index (χ1n) is 4.75. The molecular weight excluding hydrogens is 168 g/mol. The molecule has 0 rings (SSSR count). The van der Waals surface area contributed by atoms with Crippen LogP contribution in [0.5, 0.6) is 0 Å². The van der Waals surface area contributed by atoms with Crippen LogP contribution in [0, 0.1) is 0 Å². The van der Waals surface area contributed by atoms with Crippen molar-refractivity contribution in [3.8, 4) is 0 Å². The van der Waals surface area contributed by atoms with Gasteiger partial charge in [-0.2, -0.15) is 0 Å². The summed E-state index contributed by atoms with van der Waals surface area (Å²) >= 11 is 0. The van der Waals surface area contributed by atoms with Crippen LogP contribution in [-0.4, -0.2) is 22.8 Å². The van der Waals surface area contributed by atoms with Gasteiger partial charge >= 0.3 is 5.97 Å². The molecule has 0 fully saturated rings. The maximum Gasteiger partial charge on any atom is 0.306 e. The third-order valence-electron chi connectivity index (χ3n) is 1.57. The molecule has 90 valence electrons. The molecule has 0 aliphatic carbocycles. The van der Waals surface area contributed by atoms with Crippen molar-refractivity contribution >= 4 is 5.97 Å². The summed E-state index contributed by atoms with van der Waals surface area (Å²) in [5.41, 5.74) is -0.422. The van der Waals surface area contributed by atoms with Crippen molar-refractivity contribution in [2.45, 2.75) is 58.7 Å². The maximum atomic E-state index is 11.1. The van der Waals surface area contributed by atoms with Crippen LogP contribution in [0.25, 0.3) is 0 Å². The quantitative estimate of drug-likeness (QED) is 0.708. The van der Waals surface area contributed by atoms with Gasteiger partial charge in [0.25, 0.3) is 0 Å². The van der Waals surface area contributed by atoms with Crippen LogP contribution >= 0.6 is 0 Å². The summed E-state index contributed by atoms with van der Waals surface area (Å²) in [5, 5.41) is 9.20. The summed E-state index contributed by atoms with van der Waals surface area (Å²) in [7, 11) is 0. The summed E-state index contributed by atoms with van der Waals surface area (Å²) in [6.45, 7) is 7.39. The predicted molar refractivity (Wildman–Crippen MR) is 64.1 cm³/mol. The highest BCUT2D eigenvalue weighted by molar-refractivity contribution is 5.69. The molecule has 13 heavy (non-hydrogen) atoms. The smallest absolute Gasteiger partial charge is 0.306 e. The minimum Gasteiger partial charge on any atom is -0.460 e. The summed E-state index contributed by atoms with van der Waals surface area (Å²) in [5.74, 6) is -0.236. The van der Waals surface area contributed by atoms with Crippen molar-refractivity contribution in [3.63, 3.8) is 0 Å². The third-order valence-corrected chi connectivity index (χ3v) is 1.57. The Morgan fingerprint density at radius 2 is 2.08 bits per heavy atom. The molecule has 0 aromatic carbocycles. The van der Waals surface area contributed by atoms with Gasteiger partial charge < -0.3 is 9.84 Å². The first-order chi connectivity index (χ1) is 5.85. The standard InChI is InChI=1S/C10H20O3.6H2/c1-5-8(11)6-7-9(12)13-10(2,3)4;;;;;;/h8,11H,5-7H2,1-4H3;6*1H. The third kappa shape index (κ3) is 7.78. The van der Waals surface area contributed by atoms with Gasteiger partial charge in [0.2, 0.25) is 0 Å². The van der Waals surface area contributed by atoms with E-state index in [0.29, 0.717) is 19.3 Å². The van der Waals surface area contributed by atoms with E-state index in [1.54, 1.807) is 0 Å². The van der Waals surface area contributed by atoms with E-state index in [1.165, 1.54) is 0 Å². The molecule has 0 aromatic rings. The van der Waals surface area contributed by atoms with Crippen molar-refractivity contribution in [2.24, 2.45) is 0 Å². The van der Waals surface area contributed by atoms with E-state index < -0.39 is 5.60 Å². The zero-order chi connectivity index (χ0) is 10.5. The lowest BCUT2D eigenvalue weighted by Gasteiger charge is -2.19. The second-order valence-electron chi connectivity index (χ2n) is 4.19. The van der Waals surface area contributed by atoms with Gasteiger partial charge in [0, 0.05) is 15.0 Å². The monoisotopic (exact) mass is 200 g/mol. The molecule has 0 amide bonds. The van der Waals surface area contributed by atoms with Crippen LogP contribution in [0.4, 0.5) is 0 Å². The van der Waals surface area contributed by atoms with Crippen molar-refractivity contribution in [1.82, 2.24) is 0 Å². The van der Waals surface area contributed by atoms with Crippen molar-refractivity contribution < 1.29 is 23.2 Å².